The van der Waals surface area contributed by atoms with Gasteiger partial charge in [-0.1, -0.05) is 42.5 Å². The molecule has 0 saturated carbocycles. The molecule has 0 atom stereocenters. The first-order valence-electron chi connectivity index (χ1n) is 9.04. The minimum atomic E-state index is -0.142. The quantitative estimate of drug-likeness (QED) is 0.660. The molecule has 1 aromatic heterocycles. The zero-order chi connectivity index (χ0) is 19.2. The van der Waals surface area contributed by atoms with Crippen LogP contribution in [0.5, 0.6) is 0 Å². The molecule has 1 heterocycles. The molecule has 0 fully saturated rings. The van der Waals surface area contributed by atoms with Gasteiger partial charge in [-0.05, 0) is 37.1 Å². The second kappa shape index (κ2) is 8.45. The van der Waals surface area contributed by atoms with E-state index in [0.717, 1.165) is 23.6 Å². The summed E-state index contributed by atoms with van der Waals surface area (Å²) in [6.45, 7) is 5.43. The molecule has 138 valence electrons. The van der Waals surface area contributed by atoms with Crippen molar-refractivity contribution in [2.45, 2.75) is 20.4 Å². The van der Waals surface area contributed by atoms with Gasteiger partial charge in [0.1, 0.15) is 5.69 Å². The van der Waals surface area contributed by atoms with E-state index in [0.29, 0.717) is 12.2 Å². The molecular weight excluding hydrogens is 336 g/mol. The number of anilines is 2. The fraction of sp³-hybridized carbons (Fsp3) is 0.227. The lowest BCUT2D eigenvalue weighted by Crippen LogP contribution is -2.27. The molecule has 0 aliphatic heterocycles. The highest BCUT2D eigenvalue weighted by Crippen LogP contribution is 2.23. The molecule has 27 heavy (non-hydrogen) atoms. The van der Waals surface area contributed by atoms with Gasteiger partial charge in [-0.2, -0.15) is 0 Å². The maximum absolute atomic E-state index is 12.6. The molecule has 2 aromatic carbocycles. The van der Waals surface area contributed by atoms with E-state index in [-0.39, 0.29) is 5.91 Å². The highest BCUT2D eigenvalue weighted by atomic mass is 16.2. The van der Waals surface area contributed by atoms with Crippen molar-refractivity contribution >= 4 is 17.4 Å². The Hall–Kier alpha value is -3.21. The summed E-state index contributed by atoms with van der Waals surface area (Å²) in [5.41, 5.74) is 3.67. The van der Waals surface area contributed by atoms with Gasteiger partial charge in [0.25, 0.3) is 5.91 Å². The van der Waals surface area contributed by atoms with Crippen LogP contribution < -0.4 is 4.90 Å². The summed E-state index contributed by atoms with van der Waals surface area (Å²) < 4.78 is 0. The topological polar surface area (TPSA) is 49.3 Å². The lowest BCUT2D eigenvalue weighted by molar-refractivity contribution is 0.0779. The monoisotopic (exact) mass is 360 g/mol. The Labute approximate surface area is 160 Å². The summed E-state index contributed by atoms with van der Waals surface area (Å²) in [4.78, 5) is 25.2. The van der Waals surface area contributed by atoms with Gasteiger partial charge in [-0.3, -0.25) is 4.79 Å². The van der Waals surface area contributed by atoms with Gasteiger partial charge in [0.05, 0.1) is 12.4 Å². The van der Waals surface area contributed by atoms with E-state index in [1.165, 1.54) is 5.56 Å². The highest BCUT2D eigenvalue weighted by Gasteiger charge is 2.16. The Morgan fingerprint density at radius 2 is 1.78 bits per heavy atom. The molecule has 0 saturated heterocycles. The Morgan fingerprint density at radius 3 is 2.41 bits per heavy atom. The molecule has 0 radical (unpaired) electrons. The van der Waals surface area contributed by atoms with Gasteiger partial charge in [0.2, 0.25) is 0 Å². The van der Waals surface area contributed by atoms with Gasteiger partial charge >= 0.3 is 0 Å². The molecule has 0 aliphatic rings. The van der Waals surface area contributed by atoms with E-state index < -0.39 is 0 Å². The van der Waals surface area contributed by atoms with E-state index >= 15 is 0 Å². The Balaban J connectivity index is 1.74. The van der Waals surface area contributed by atoms with Crippen molar-refractivity contribution in [1.29, 1.82) is 0 Å². The third-order valence-electron chi connectivity index (χ3n) is 4.37. The van der Waals surface area contributed by atoms with Crippen LogP contribution >= 0.6 is 0 Å². The van der Waals surface area contributed by atoms with E-state index in [2.05, 4.69) is 40.8 Å². The number of aryl methyl sites for hydroxylation is 1. The Morgan fingerprint density at radius 1 is 1.00 bits per heavy atom. The van der Waals surface area contributed by atoms with E-state index in [1.54, 1.807) is 24.3 Å². The minimum absolute atomic E-state index is 0.142. The average molecular weight is 360 g/mol. The zero-order valence-electron chi connectivity index (χ0n) is 16.0. The van der Waals surface area contributed by atoms with Gasteiger partial charge in [-0.15, -0.1) is 0 Å². The fourth-order valence-electron chi connectivity index (χ4n) is 2.97. The van der Waals surface area contributed by atoms with Crippen molar-refractivity contribution in [3.8, 4) is 0 Å². The third-order valence-corrected chi connectivity index (χ3v) is 4.37. The molecule has 0 spiro atoms. The molecule has 0 unspecified atom stereocenters. The molecule has 3 aromatic rings. The number of nitrogens with zero attached hydrogens (tertiary/aromatic N) is 4. The van der Waals surface area contributed by atoms with Crippen molar-refractivity contribution in [3.05, 3.63) is 83.8 Å². The van der Waals surface area contributed by atoms with Crippen LogP contribution in [0.15, 0.2) is 67.0 Å². The van der Waals surface area contributed by atoms with E-state index in [9.17, 15) is 4.79 Å². The van der Waals surface area contributed by atoms with Crippen molar-refractivity contribution < 1.29 is 4.79 Å². The second-order valence-electron chi connectivity index (χ2n) is 6.49. The normalized spacial score (nSPS) is 10.5. The number of carbonyl (C=O) groups excluding carboxylic acids is 1. The van der Waals surface area contributed by atoms with Crippen molar-refractivity contribution in [1.82, 2.24) is 14.9 Å². The standard InChI is InChI=1S/C22H24N4O/c1-4-26(19-12-8-9-17(2)13-19)21-15-23-20(14-24-21)22(27)25(3)16-18-10-6-5-7-11-18/h5-15H,4,16H2,1-3H3. The van der Waals surface area contributed by atoms with Crippen molar-refractivity contribution in [3.63, 3.8) is 0 Å². The summed E-state index contributed by atoms with van der Waals surface area (Å²) in [5, 5.41) is 0. The van der Waals surface area contributed by atoms with Gasteiger partial charge in [0.15, 0.2) is 5.82 Å². The van der Waals surface area contributed by atoms with Crippen molar-refractivity contribution in [2.24, 2.45) is 0 Å². The zero-order valence-corrected chi connectivity index (χ0v) is 16.0. The Kier molecular flexibility index (Phi) is 5.81. The molecule has 5 nitrogen and oxygen atoms in total. The lowest BCUT2D eigenvalue weighted by atomic mass is 10.2. The fourth-order valence-corrected chi connectivity index (χ4v) is 2.97. The van der Waals surface area contributed by atoms with Crippen LogP contribution in [0.25, 0.3) is 0 Å². The number of carbonyl (C=O) groups is 1. The van der Waals surface area contributed by atoms with Crippen molar-refractivity contribution in [2.75, 3.05) is 18.5 Å². The van der Waals surface area contributed by atoms with Crippen LogP contribution in [-0.4, -0.2) is 34.4 Å². The second-order valence-corrected chi connectivity index (χ2v) is 6.49. The summed E-state index contributed by atoms with van der Waals surface area (Å²) in [6.07, 6.45) is 3.22. The average Bonchev–Trinajstić information content (AvgIpc) is 2.69. The summed E-state index contributed by atoms with van der Waals surface area (Å²) in [6, 6.07) is 18.1. The largest absolute Gasteiger partial charge is 0.336 e. The Bertz CT molecular complexity index is 894. The molecule has 0 aliphatic carbocycles. The summed E-state index contributed by atoms with van der Waals surface area (Å²) in [7, 11) is 1.77. The summed E-state index contributed by atoms with van der Waals surface area (Å²) in [5.74, 6) is 0.585. The number of benzene rings is 2. The van der Waals surface area contributed by atoms with Gasteiger partial charge < -0.3 is 9.80 Å². The first-order chi connectivity index (χ1) is 13.1. The first-order valence-corrected chi connectivity index (χ1v) is 9.04. The van der Waals surface area contributed by atoms with Crippen LogP contribution in [0.3, 0.4) is 0 Å². The minimum Gasteiger partial charge on any atom is -0.336 e. The number of hydrogen-bond acceptors (Lipinski definition) is 4. The highest BCUT2D eigenvalue weighted by molar-refractivity contribution is 5.91. The molecule has 5 heteroatoms. The van der Waals surface area contributed by atoms with Crippen LogP contribution in [-0.2, 0) is 6.54 Å². The van der Waals surface area contributed by atoms with E-state index in [4.69, 9.17) is 0 Å². The molecular formula is C22H24N4O. The number of hydrogen-bond donors (Lipinski definition) is 0. The smallest absolute Gasteiger partial charge is 0.274 e. The molecule has 1 amide bonds. The van der Waals surface area contributed by atoms with Crippen LogP contribution in [0, 0.1) is 6.92 Å². The van der Waals surface area contributed by atoms with Crippen LogP contribution in [0.2, 0.25) is 0 Å². The molecule has 3 rings (SSSR count). The predicted molar refractivity (Wildman–Crippen MR) is 108 cm³/mol. The maximum atomic E-state index is 12.6. The number of amides is 1. The predicted octanol–water partition coefficient (Wildman–Crippen LogP) is 4.22. The van der Waals surface area contributed by atoms with Gasteiger partial charge in [0, 0.05) is 25.8 Å². The lowest BCUT2D eigenvalue weighted by Gasteiger charge is -2.22. The first kappa shape index (κ1) is 18.6. The van der Waals surface area contributed by atoms with Crippen LogP contribution in [0.1, 0.15) is 28.5 Å². The SMILES string of the molecule is CCN(c1cccc(C)c1)c1cnc(C(=O)N(C)Cc2ccccc2)cn1. The molecule has 0 bridgehead atoms. The third kappa shape index (κ3) is 4.50. The van der Waals surface area contributed by atoms with Gasteiger partial charge in [-0.25, -0.2) is 9.97 Å². The summed E-state index contributed by atoms with van der Waals surface area (Å²) >= 11 is 0. The maximum Gasteiger partial charge on any atom is 0.274 e. The number of rotatable bonds is 6. The van der Waals surface area contributed by atoms with E-state index in [1.807, 2.05) is 42.5 Å². The van der Waals surface area contributed by atoms with Crippen LogP contribution in [0.4, 0.5) is 11.5 Å². The number of aromatic nitrogens is 2. The molecule has 0 N–H and O–H groups in total.